The minimum atomic E-state index is 0.582. The molecule has 102 valence electrons. The molecule has 0 amide bonds. The van der Waals surface area contributed by atoms with Gasteiger partial charge in [-0.2, -0.15) is 0 Å². The Bertz CT molecular complexity index is 352. The number of unbranched alkanes of at least 4 members (excludes halogenated alkanes) is 1. The second-order valence-corrected chi connectivity index (χ2v) is 4.69. The van der Waals surface area contributed by atoms with Crippen molar-refractivity contribution in [3.05, 3.63) is 23.8 Å². The first-order chi connectivity index (χ1) is 8.67. The number of methoxy groups -OCH3 is 1. The van der Waals surface area contributed by atoms with E-state index in [-0.39, 0.29) is 0 Å². The average molecular weight is 251 g/mol. The second-order valence-electron chi connectivity index (χ2n) is 4.69. The zero-order chi connectivity index (χ0) is 13.4. The molecule has 0 saturated carbocycles. The van der Waals surface area contributed by atoms with Gasteiger partial charge in [0, 0.05) is 6.04 Å². The molecule has 0 aliphatic carbocycles. The van der Waals surface area contributed by atoms with Gasteiger partial charge in [0.15, 0.2) is 11.5 Å². The van der Waals surface area contributed by atoms with Crippen LogP contribution in [0.3, 0.4) is 0 Å². The third-order valence-corrected chi connectivity index (χ3v) is 3.10. The molecule has 1 atom stereocenters. The van der Waals surface area contributed by atoms with E-state index in [4.69, 9.17) is 9.47 Å². The van der Waals surface area contributed by atoms with Crippen molar-refractivity contribution < 1.29 is 9.47 Å². The highest BCUT2D eigenvalue weighted by Gasteiger charge is 2.04. The molecule has 0 aliphatic heterocycles. The molecule has 0 aliphatic rings. The third-order valence-electron chi connectivity index (χ3n) is 3.10. The van der Waals surface area contributed by atoms with Crippen LogP contribution in [0.25, 0.3) is 0 Å². The minimum Gasteiger partial charge on any atom is -0.493 e. The van der Waals surface area contributed by atoms with Crippen molar-refractivity contribution in [1.29, 1.82) is 0 Å². The Morgan fingerprint density at radius 3 is 2.67 bits per heavy atom. The topological polar surface area (TPSA) is 30.5 Å². The molecule has 1 N–H and O–H groups in total. The predicted octanol–water partition coefficient (Wildman–Crippen LogP) is 3.16. The molecule has 0 fully saturated rings. The fourth-order valence-corrected chi connectivity index (χ4v) is 1.77. The van der Waals surface area contributed by atoms with E-state index >= 15 is 0 Å². The van der Waals surface area contributed by atoms with E-state index in [0.717, 1.165) is 24.5 Å². The van der Waals surface area contributed by atoms with Crippen LogP contribution in [0.15, 0.2) is 18.2 Å². The van der Waals surface area contributed by atoms with Crippen LogP contribution in [-0.4, -0.2) is 26.8 Å². The van der Waals surface area contributed by atoms with Crippen LogP contribution in [0.1, 0.15) is 31.7 Å². The van der Waals surface area contributed by atoms with Crippen molar-refractivity contribution in [2.24, 2.45) is 0 Å². The lowest BCUT2D eigenvalue weighted by molar-refractivity contribution is 0.283. The van der Waals surface area contributed by atoms with E-state index in [1.807, 2.05) is 32.2 Å². The van der Waals surface area contributed by atoms with E-state index in [0.29, 0.717) is 6.04 Å². The van der Waals surface area contributed by atoms with E-state index < -0.39 is 0 Å². The number of hydrogen-bond donors (Lipinski definition) is 1. The summed E-state index contributed by atoms with van der Waals surface area (Å²) in [5.41, 5.74) is 1.18. The molecule has 0 saturated heterocycles. The Labute approximate surface area is 110 Å². The summed E-state index contributed by atoms with van der Waals surface area (Å²) in [5.74, 6) is 1.66. The zero-order valence-electron chi connectivity index (χ0n) is 12.0. The minimum absolute atomic E-state index is 0.582. The number of nitrogens with one attached hydrogen (secondary N) is 1. The molecule has 0 heterocycles. The molecule has 3 heteroatoms. The summed E-state index contributed by atoms with van der Waals surface area (Å²) in [7, 11) is 3.68. The molecule has 1 unspecified atom stereocenters. The van der Waals surface area contributed by atoms with Gasteiger partial charge in [-0.25, -0.2) is 0 Å². The van der Waals surface area contributed by atoms with Crippen molar-refractivity contribution in [2.75, 3.05) is 20.8 Å². The van der Waals surface area contributed by atoms with Crippen LogP contribution in [0.5, 0.6) is 11.5 Å². The Hall–Kier alpha value is -1.22. The van der Waals surface area contributed by atoms with Crippen molar-refractivity contribution in [1.82, 2.24) is 5.32 Å². The maximum Gasteiger partial charge on any atom is 0.161 e. The molecule has 0 bridgehead atoms. The second kappa shape index (κ2) is 7.98. The fraction of sp³-hybridized carbons (Fsp3) is 0.600. The first-order valence-corrected chi connectivity index (χ1v) is 6.62. The Morgan fingerprint density at radius 1 is 1.22 bits per heavy atom. The first-order valence-electron chi connectivity index (χ1n) is 6.62. The molecule has 0 radical (unpaired) electrons. The molecule has 1 aromatic rings. The van der Waals surface area contributed by atoms with Crippen molar-refractivity contribution in [3.63, 3.8) is 0 Å². The molecular formula is C15H25NO2. The van der Waals surface area contributed by atoms with Gasteiger partial charge in [0.1, 0.15) is 0 Å². The lowest BCUT2D eigenvalue weighted by Crippen LogP contribution is -2.20. The summed E-state index contributed by atoms with van der Waals surface area (Å²) in [6, 6.07) is 6.60. The van der Waals surface area contributed by atoms with Crippen LogP contribution in [0.2, 0.25) is 0 Å². The summed E-state index contributed by atoms with van der Waals surface area (Å²) in [4.78, 5) is 0. The van der Waals surface area contributed by atoms with Crippen molar-refractivity contribution >= 4 is 0 Å². The number of ether oxygens (including phenoxy) is 2. The smallest absolute Gasteiger partial charge is 0.161 e. The molecule has 1 aromatic carbocycles. The largest absolute Gasteiger partial charge is 0.493 e. The van der Waals surface area contributed by atoms with Gasteiger partial charge in [-0.05, 0) is 57.9 Å². The molecule has 0 spiro atoms. The maximum atomic E-state index is 5.75. The van der Waals surface area contributed by atoms with E-state index in [1.165, 1.54) is 18.4 Å². The normalized spacial score (nSPS) is 12.2. The van der Waals surface area contributed by atoms with Crippen LogP contribution in [0.4, 0.5) is 0 Å². The summed E-state index contributed by atoms with van der Waals surface area (Å²) in [6.45, 7) is 4.99. The van der Waals surface area contributed by atoms with Gasteiger partial charge in [-0.3, -0.25) is 0 Å². The van der Waals surface area contributed by atoms with Crippen LogP contribution < -0.4 is 14.8 Å². The fourth-order valence-electron chi connectivity index (χ4n) is 1.77. The lowest BCUT2D eigenvalue weighted by Gasteiger charge is -2.12. The van der Waals surface area contributed by atoms with Gasteiger partial charge in [0.2, 0.25) is 0 Å². The molecule has 0 aromatic heterocycles. The summed E-state index contributed by atoms with van der Waals surface area (Å²) in [5, 5.41) is 3.24. The Morgan fingerprint density at radius 2 is 2.00 bits per heavy atom. The number of benzene rings is 1. The predicted molar refractivity (Wildman–Crippen MR) is 75.6 cm³/mol. The number of hydrogen-bond acceptors (Lipinski definition) is 3. The van der Waals surface area contributed by atoms with Crippen molar-refractivity contribution in [2.45, 2.75) is 39.2 Å². The van der Waals surface area contributed by atoms with Crippen LogP contribution in [-0.2, 0) is 0 Å². The van der Waals surface area contributed by atoms with Crippen molar-refractivity contribution in [3.8, 4) is 11.5 Å². The van der Waals surface area contributed by atoms with Gasteiger partial charge in [0.25, 0.3) is 0 Å². The monoisotopic (exact) mass is 251 g/mol. The van der Waals surface area contributed by atoms with Gasteiger partial charge < -0.3 is 14.8 Å². The summed E-state index contributed by atoms with van der Waals surface area (Å²) < 4.78 is 11.1. The Balaban J connectivity index is 2.31. The summed E-state index contributed by atoms with van der Waals surface area (Å²) in [6.07, 6.45) is 3.43. The van der Waals surface area contributed by atoms with E-state index in [9.17, 15) is 0 Å². The molecule has 3 nitrogen and oxygen atoms in total. The van der Waals surface area contributed by atoms with Gasteiger partial charge in [-0.15, -0.1) is 0 Å². The zero-order valence-corrected chi connectivity index (χ0v) is 12.0. The van der Waals surface area contributed by atoms with Crippen LogP contribution >= 0.6 is 0 Å². The number of aryl methyl sites for hydroxylation is 1. The quantitative estimate of drug-likeness (QED) is 0.720. The highest BCUT2D eigenvalue weighted by Crippen LogP contribution is 2.27. The molecule has 18 heavy (non-hydrogen) atoms. The van der Waals surface area contributed by atoms with Gasteiger partial charge in [0.05, 0.1) is 13.7 Å². The lowest BCUT2D eigenvalue weighted by atomic mass is 10.1. The highest BCUT2D eigenvalue weighted by atomic mass is 16.5. The van der Waals surface area contributed by atoms with E-state index in [1.54, 1.807) is 7.11 Å². The first kappa shape index (κ1) is 14.8. The van der Waals surface area contributed by atoms with Gasteiger partial charge in [-0.1, -0.05) is 6.07 Å². The Kier molecular flexibility index (Phi) is 6.58. The SMILES string of the molecule is CNC(C)CCCCOc1ccc(C)cc1OC. The maximum absolute atomic E-state index is 5.75. The van der Waals surface area contributed by atoms with Crippen LogP contribution in [0, 0.1) is 6.92 Å². The standard InChI is InChI=1S/C15H25NO2/c1-12-8-9-14(15(11-12)17-4)18-10-6-5-7-13(2)16-3/h8-9,11,13,16H,5-7,10H2,1-4H3. The highest BCUT2D eigenvalue weighted by molar-refractivity contribution is 5.42. The van der Waals surface area contributed by atoms with Gasteiger partial charge >= 0.3 is 0 Å². The molecule has 1 rings (SSSR count). The average Bonchev–Trinajstić information content (AvgIpc) is 2.39. The summed E-state index contributed by atoms with van der Waals surface area (Å²) >= 11 is 0. The third kappa shape index (κ3) is 4.96. The number of rotatable bonds is 8. The molecular weight excluding hydrogens is 226 g/mol. The van der Waals surface area contributed by atoms with E-state index in [2.05, 4.69) is 12.2 Å².